The molecular weight excluding hydrogens is 208 g/mol. The van der Waals surface area contributed by atoms with Gasteiger partial charge < -0.3 is 5.73 Å². The van der Waals surface area contributed by atoms with Gasteiger partial charge in [-0.1, -0.05) is 48.9 Å². The van der Waals surface area contributed by atoms with Crippen LogP contribution in [-0.4, -0.2) is 24.5 Å². The van der Waals surface area contributed by atoms with Crippen LogP contribution in [0.4, 0.5) is 0 Å². The molecule has 0 aliphatic heterocycles. The number of rotatable bonds is 6. The van der Waals surface area contributed by atoms with Crippen LogP contribution < -0.4 is 5.73 Å². The first-order valence-corrected chi connectivity index (χ1v) is 6.21. The highest BCUT2D eigenvalue weighted by Gasteiger charge is 2.10. The van der Waals surface area contributed by atoms with Gasteiger partial charge in [0.05, 0.1) is 0 Å². The summed E-state index contributed by atoms with van der Waals surface area (Å²) in [5, 5.41) is 0. The second-order valence-corrected chi connectivity index (χ2v) is 4.80. The van der Waals surface area contributed by atoms with Crippen molar-refractivity contribution in [2.45, 2.75) is 26.8 Å². The van der Waals surface area contributed by atoms with Gasteiger partial charge in [0.2, 0.25) is 0 Å². The van der Waals surface area contributed by atoms with E-state index >= 15 is 0 Å². The summed E-state index contributed by atoms with van der Waals surface area (Å²) >= 11 is 0. The third kappa shape index (κ3) is 4.72. The molecule has 1 unspecified atom stereocenters. The van der Waals surface area contributed by atoms with Gasteiger partial charge in [-0.2, -0.15) is 0 Å². The Morgan fingerprint density at radius 2 is 1.94 bits per heavy atom. The molecule has 0 fully saturated rings. The second-order valence-electron chi connectivity index (χ2n) is 4.80. The molecule has 0 radical (unpaired) electrons. The van der Waals surface area contributed by atoms with Crippen molar-refractivity contribution in [3.63, 3.8) is 0 Å². The average Bonchev–Trinajstić information content (AvgIpc) is 2.28. The SMILES string of the molecule is C=C(C)CN(CC)CC(N)c1ccc(C)cc1. The van der Waals surface area contributed by atoms with Gasteiger partial charge in [0, 0.05) is 19.1 Å². The van der Waals surface area contributed by atoms with E-state index in [9.17, 15) is 0 Å². The normalized spacial score (nSPS) is 12.8. The molecule has 2 heteroatoms. The number of aryl methyl sites for hydroxylation is 1. The Morgan fingerprint density at radius 3 is 2.41 bits per heavy atom. The molecule has 1 aromatic rings. The molecule has 0 saturated carbocycles. The summed E-state index contributed by atoms with van der Waals surface area (Å²) in [7, 11) is 0. The van der Waals surface area contributed by atoms with Crippen molar-refractivity contribution < 1.29 is 0 Å². The molecule has 0 aromatic heterocycles. The van der Waals surface area contributed by atoms with E-state index in [4.69, 9.17) is 5.73 Å². The lowest BCUT2D eigenvalue weighted by atomic mass is 10.1. The third-order valence-electron chi connectivity index (χ3n) is 2.90. The van der Waals surface area contributed by atoms with Crippen LogP contribution in [0.2, 0.25) is 0 Å². The first kappa shape index (κ1) is 13.9. The molecule has 2 N–H and O–H groups in total. The fraction of sp³-hybridized carbons (Fsp3) is 0.467. The molecule has 17 heavy (non-hydrogen) atoms. The summed E-state index contributed by atoms with van der Waals surface area (Å²) in [6.45, 7) is 13.1. The van der Waals surface area contributed by atoms with Crippen LogP contribution in [0.25, 0.3) is 0 Å². The number of hydrogen-bond acceptors (Lipinski definition) is 2. The molecule has 1 aromatic carbocycles. The van der Waals surface area contributed by atoms with E-state index in [1.807, 2.05) is 0 Å². The molecule has 0 aliphatic carbocycles. The van der Waals surface area contributed by atoms with Crippen molar-refractivity contribution >= 4 is 0 Å². The molecule has 0 amide bonds. The van der Waals surface area contributed by atoms with E-state index in [0.29, 0.717) is 0 Å². The Balaban J connectivity index is 2.60. The summed E-state index contributed by atoms with van der Waals surface area (Å²) in [4.78, 5) is 2.33. The Bertz CT molecular complexity index is 354. The van der Waals surface area contributed by atoms with E-state index in [1.54, 1.807) is 0 Å². The highest BCUT2D eigenvalue weighted by Crippen LogP contribution is 2.13. The number of hydrogen-bond donors (Lipinski definition) is 1. The molecular formula is C15H24N2. The lowest BCUT2D eigenvalue weighted by Crippen LogP contribution is -2.33. The topological polar surface area (TPSA) is 29.3 Å². The maximum atomic E-state index is 6.23. The van der Waals surface area contributed by atoms with Gasteiger partial charge in [0.15, 0.2) is 0 Å². The molecule has 0 saturated heterocycles. The van der Waals surface area contributed by atoms with Crippen molar-refractivity contribution in [3.05, 3.63) is 47.5 Å². The first-order chi connectivity index (χ1) is 8.02. The van der Waals surface area contributed by atoms with Crippen molar-refractivity contribution in [2.75, 3.05) is 19.6 Å². The van der Waals surface area contributed by atoms with Crippen LogP contribution in [0.5, 0.6) is 0 Å². The van der Waals surface area contributed by atoms with Crippen LogP contribution >= 0.6 is 0 Å². The van der Waals surface area contributed by atoms with Gasteiger partial charge in [0.25, 0.3) is 0 Å². The van der Waals surface area contributed by atoms with Gasteiger partial charge in [-0.05, 0) is 26.0 Å². The number of nitrogens with two attached hydrogens (primary N) is 1. The summed E-state index contributed by atoms with van der Waals surface area (Å²) in [6, 6.07) is 8.55. The second kappa shape index (κ2) is 6.58. The van der Waals surface area contributed by atoms with E-state index in [1.165, 1.54) is 16.7 Å². The quantitative estimate of drug-likeness (QED) is 0.764. The Hall–Kier alpha value is -1.12. The third-order valence-corrected chi connectivity index (χ3v) is 2.90. The standard InChI is InChI=1S/C15H24N2/c1-5-17(10-12(2)3)11-15(16)14-8-6-13(4)7-9-14/h6-9,15H,2,5,10-11,16H2,1,3-4H3. The molecule has 1 atom stereocenters. The van der Waals surface area contributed by atoms with Gasteiger partial charge in [-0.3, -0.25) is 4.90 Å². The molecule has 1 rings (SSSR count). The van der Waals surface area contributed by atoms with Crippen molar-refractivity contribution in [2.24, 2.45) is 5.73 Å². The lowest BCUT2D eigenvalue weighted by Gasteiger charge is -2.24. The van der Waals surface area contributed by atoms with Crippen molar-refractivity contribution in [1.29, 1.82) is 0 Å². The highest BCUT2D eigenvalue weighted by molar-refractivity contribution is 5.24. The fourth-order valence-corrected chi connectivity index (χ4v) is 1.88. The summed E-state index contributed by atoms with van der Waals surface area (Å²) in [6.07, 6.45) is 0. The lowest BCUT2D eigenvalue weighted by molar-refractivity contribution is 0.292. The van der Waals surface area contributed by atoms with Crippen LogP contribution in [0, 0.1) is 6.92 Å². The number of benzene rings is 1. The van der Waals surface area contributed by atoms with Crippen LogP contribution in [-0.2, 0) is 0 Å². The summed E-state index contributed by atoms with van der Waals surface area (Å²) < 4.78 is 0. The average molecular weight is 232 g/mol. The number of likely N-dealkylation sites (N-methyl/N-ethyl adjacent to an activating group) is 1. The summed E-state index contributed by atoms with van der Waals surface area (Å²) in [5.74, 6) is 0. The van der Waals surface area contributed by atoms with Crippen molar-refractivity contribution in [1.82, 2.24) is 4.90 Å². The molecule has 0 heterocycles. The molecule has 2 nitrogen and oxygen atoms in total. The zero-order valence-electron chi connectivity index (χ0n) is 11.2. The minimum absolute atomic E-state index is 0.0786. The maximum Gasteiger partial charge on any atom is 0.0424 e. The van der Waals surface area contributed by atoms with E-state index in [-0.39, 0.29) is 6.04 Å². The van der Waals surface area contributed by atoms with Gasteiger partial charge in [-0.15, -0.1) is 0 Å². The molecule has 0 aliphatic rings. The van der Waals surface area contributed by atoms with Gasteiger partial charge >= 0.3 is 0 Å². The van der Waals surface area contributed by atoms with Crippen LogP contribution in [0.3, 0.4) is 0 Å². The summed E-state index contributed by atoms with van der Waals surface area (Å²) in [5.41, 5.74) is 9.89. The Labute approximate surface area is 105 Å². The predicted molar refractivity (Wildman–Crippen MR) is 75.0 cm³/mol. The van der Waals surface area contributed by atoms with E-state index < -0.39 is 0 Å². The smallest absolute Gasteiger partial charge is 0.0424 e. The van der Waals surface area contributed by atoms with E-state index in [2.05, 4.69) is 56.5 Å². The van der Waals surface area contributed by atoms with Crippen molar-refractivity contribution in [3.8, 4) is 0 Å². The van der Waals surface area contributed by atoms with Gasteiger partial charge in [-0.25, -0.2) is 0 Å². The fourth-order valence-electron chi connectivity index (χ4n) is 1.88. The largest absolute Gasteiger partial charge is 0.323 e. The maximum absolute atomic E-state index is 6.23. The zero-order chi connectivity index (χ0) is 12.8. The Kier molecular flexibility index (Phi) is 5.39. The molecule has 0 spiro atoms. The van der Waals surface area contributed by atoms with Crippen LogP contribution in [0.1, 0.15) is 31.0 Å². The predicted octanol–water partition coefficient (Wildman–Crippen LogP) is 2.89. The Morgan fingerprint density at radius 1 is 1.35 bits per heavy atom. The minimum Gasteiger partial charge on any atom is -0.323 e. The van der Waals surface area contributed by atoms with E-state index in [0.717, 1.165) is 19.6 Å². The number of nitrogens with zero attached hydrogens (tertiary/aromatic N) is 1. The first-order valence-electron chi connectivity index (χ1n) is 6.21. The van der Waals surface area contributed by atoms with Crippen LogP contribution in [0.15, 0.2) is 36.4 Å². The molecule has 94 valence electrons. The minimum atomic E-state index is 0.0786. The highest BCUT2D eigenvalue weighted by atomic mass is 15.1. The monoisotopic (exact) mass is 232 g/mol. The van der Waals surface area contributed by atoms with Gasteiger partial charge in [0.1, 0.15) is 0 Å². The molecule has 0 bridgehead atoms. The zero-order valence-corrected chi connectivity index (χ0v) is 11.2.